The van der Waals surface area contributed by atoms with Crippen LogP contribution in [0.2, 0.25) is 0 Å². The van der Waals surface area contributed by atoms with Crippen LogP contribution in [0.5, 0.6) is 0 Å². The molecule has 53 heavy (non-hydrogen) atoms. The van der Waals surface area contributed by atoms with Gasteiger partial charge < -0.3 is 41.7 Å². The number of nitrogens with zero attached hydrogens (tertiary/aromatic N) is 2. The molecule has 2 aromatic carbocycles. The molecule has 2 unspecified atom stereocenters. The molecule has 288 valence electrons. The van der Waals surface area contributed by atoms with Gasteiger partial charge in [-0.15, -0.1) is 0 Å². The summed E-state index contributed by atoms with van der Waals surface area (Å²) in [7, 11) is 1.14. The SMILES string of the molecule is CCC(C)[C@@H](C(=O)OC)N(C(=O)CC(O)[C@@H](N)Cc1ccccc1N)C(=O)[C@H](Cc1cnc[nH]1)NC(=O)[C@H](Cc1ccccc1)NC(=O)OC(C)(C)C. The normalized spacial score (nSPS) is 14.8. The number of hydrogen-bond donors (Lipinski definition) is 6. The highest BCUT2D eigenvalue weighted by atomic mass is 16.6. The van der Waals surface area contributed by atoms with E-state index in [0.29, 0.717) is 28.9 Å². The predicted octanol–water partition coefficient (Wildman–Crippen LogP) is 2.42. The standard InChI is InChI=1S/C38H53N7O8/c1-7-23(2)33(36(50)52-6)45(32(47)20-31(46)28(40)18-25-15-11-12-16-27(25)39)35(49)30(19-26-21-41-22-42-26)43-34(48)29(17-24-13-9-8-10-14-24)44-37(51)53-38(3,4)5/h8-16,21-23,28-31,33,46H,7,17-20,39-40H2,1-6H3,(H,41,42)(H,43,48)(H,44,51)/t23?,28-,29-,30-,31?,33-/m0/s1. The third kappa shape index (κ3) is 12.7. The third-order valence-electron chi connectivity index (χ3n) is 8.68. The molecule has 1 heterocycles. The quantitative estimate of drug-likeness (QED) is 0.0871. The Morgan fingerprint density at radius 2 is 1.62 bits per heavy atom. The first kappa shape index (κ1) is 42.1. The molecule has 15 nitrogen and oxygen atoms in total. The molecule has 3 aromatic rings. The molecule has 15 heteroatoms. The molecule has 1 aromatic heterocycles. The summed E-state index contributed by atoms with van der Waals surface area (Å²) in [4.78, 5) is 76.9. The van der Waals surface area contributed by atoms with E-state index in [0.717, 1.165) is 12.0 Å². The van der Waals surface area contributed by atoms with E-state index in [1.807, 2.05) is 0 Å². The number of hydrogen-bond acceptors (Lipinski definition) is 11. The number of alkyl carbamates (subject to hydrolysis) is 1. The zero-order valence-electron chi connectivity index (χ0n) is 31.2. The number of para-hydroxylation sites is 1. The molecule has 0 aliphatic heterocycles. The number of nitrogens with one attached hydrogen (secondary N) is 3. The average molecular weight is 736 g/mol. The highest BCUT2D eigenvalue weighted by Gasteiger charge is 2.43. The summed E-state index contributed by atoms with van der Waals surface area (Å²) < 4.78 is 10.5. The largest absolute Gasteiger partial charge is 0.467 e. The van der Waals surface area contributed by atoms with Crippen molar-refractivity contribution in [1.82, 2.24) is 25.5 Å². The second-order valence-corrected chi connectivity index (χ2v) is 14.0. The van der Waals surface area contributed by atoms with Crippen molar-refractivity contribution in [2.45, 2.75) is 103 Å². The number of aromatic nitrogens is 2. The molecular formula is C38H53N7O8. The molecule has 0 bridgehead atoms. The van der Waals surface area contributed by atoms with Crippen molar-refractivity contribution < 1.29 is 38.6 Å². The van der Waals surface area contributed by atoms with E-state index >= 15 is 0 Å². The number of ether oxygens (including phenoxy) is 2. The van der Waals surface area contributed by atoms with Crippen LogP contribution in [0.1, 0.15) is 64.3 Å². The number of rotatable bonds is 17. The molecule has 0 saturated carbocycles. The fourth-order valence-corrected chi connectivity index (χ4v) is 5.66. The van der Waals surface area contributed by atoms with Crippen LogP contribution in [-0.2, 0) is 47.9 Å². The van der Waals surface area contributed by atoms with E-state index in [4.69, 9.17) is 20.9 Å². The van der Waals surface area contributed by atoms with Crippen LogP contribution in [0.15, 0.2) is 67.1 Å². The number of anilines is 1. The Morgan fingerprint density at radius 3 is 2.21 bits per heavy atom. The Kier molecular flexibility index (Phi) is 15.5. The number of esters is 1. The number of methoxy groups -OCH3 is 1. The topological polar surface area (TPSA) is 232 Å². The lowest BCUT2D eigenvalue weighted by atomic mass is 9.94. The Bertz CT molecular complexity index is 1660. The van der Waals surface area contributed by atoms with Crippen molar-refractivity contribution in [1.29, 1.82) is 0 Å². The van der Waals surface area contributed by atoms with Gasteiger partial charge in [-0.05, 0) is 50.3 Å². The number of imidazole rings is 1. The minimum atomic E-state index is -1.46. The molecule has 0 fully saturated rings. The van der Waals surface area contributed by atoms with E-state index in [-0.39, 0.29) is 19.3 Å². The summed E-state index contributed by atoms with van der Waals surface area (Å²) in [5.74, 6) is -4.07. The average Bonchev–Trinajstić information content (AvgIpc) is 3.62. The summed E-state index contributed by atoms with van der Waals surface area (Å²) in [6.07, 6.45) is 0.255. The molecule has 8 N–H and O–H groups in total. The first-order valence-corrected chi connectivity index (χ1v) is 17.6. The highest BCUT2D eigenvalue weighted by molar-refractivity contribution is 6.03. The predicted molar refractivity (Wildman–Crippen MR) is 198 cm³/mol. The highest BCUT2D eigenvalue weighted by Crippen LogP contribution is 2.22. The second kappa shape index (κ2) is 19.5. The monoisotopic (exact) mass is 735 g/mol. The van der Waals surface area contributed by atoms with Crippen molar-refractivity contribution in [3.05, 3.63) is 83.9 Å². The minimum Gasteiger partial charge on any atom is -0.467 e. The van der Waals surface area contributed by atoms with Crippen molar-refractivity contribution in [2.75, 3.05) is 12.8 Å². The molecule has 0 aliphatic rings. The van der Waals surface area contributed by atoms with Crippen LogP contribution in [0, 0.1) is 5.92 Å². The Hall–Kier alpha value is -5.28. The van der Waals surface area contributed by atoms with Gasteiger partial charge in [0.25, 0.3) is 5.91 Å². The van der Waals surface area contributed by atoms with Gasteiger partial charge in [0.05, 0.1) is 26.0 Å². The summed E-state index contributed by atoms with van der Waals surface area (Å²) in [6, 6.07) is 10.8. The van der Waals surface area contributed by atoms with Gasteiger partial charge in [0, 0.05) is 36.5 Å². The molecule has 4 amide bonds. The number of H-pyrrole nitrogens is 1. The first-order chi connectivity index (χ1) is 25.0. The maximum absolute atomic E-state index is 14.7. The van der Waals surface area contributed by atoms with Crippen LogP contribution in [0.25, 0.3) is 0 Å². The number of amides is 4. The van der Waals surface area contributed by atoms with E-state index in [2.05, 4.69) is 20.6 Å². The van der Waals surface area contributed by atoms with Gasteiger partial charge in [-0.25, -0.2) is 14.6 Å². The lowest BCUT2D eigenvalue weighted by Gasteiger charge is -2.35. The lowest BCUT2D eigenvalue weighted by molar-refractivity contribution is -0.164. The number of imide groups is 1. The van der Waals surface area contributed by atoms with Crippen molar-refractivity contribution >= 4 is 35.5 Å². The van der Waals surface area contributed by atoms with Gasteiger partial charge in [0.15, 0.2) is 0 Å². The molecule has 3 rings (SSSR count). The number of aliphatic hydroxyl groups is 1. The van der Waals surface area contributed by atoms with Crippen LogP contribution >= 0.6 is 0 Å². The third-order valence-corrected chi connectivity index (χ3v) is 8.68. The number of aliphatic hydroxyl groups excluding tert-OH is 1. The molecular weight excluding hydrogens is 682 g/mol. The number of nitrogens with two attached hydrogens (primary N) is 2. The van der Waals surface area contributed by atoms with Gasteiger partial charge in [0.1, 0.15) is 23.7 Å². The van der Waals surface area contributed by atoms with Crippen LogP contribution < -0.4 is 22.1 Å². The molecule has 0 spiro atoms. The summed E-state index contributed by atoms with van der Waals surface area (Å²) in [6.45, 7) is 8.50. The van der Waals surface area contributed by atoms with E-state index < -0.39 is 78.0 Å². The van der Waals surface area contributed by atoms with E-state index in [1.165, 1.54) is 12.5 Å². The number of carbonyl (C=O) groups is 5. The van der Waals surface area contributed by atoms with Gasteiger partial charge in [-0.2, -0.15) is 0 Å². The van der Waals surface area contributed by atoms with Crippen molar-refractivity contribution in [3.63, 3.8) is 0 Å². The van der Waals surface area contributed by atoms with E-state index in [9.17, 15) is 29.1 Å². The zero-order chi connectivity index (χ0) is 39.3. The number of benzene rings is 2. The minimum absolute atomic E-state index is 0.0349. The summed E-state index contributed by atoms with van der Waals surface area (Å²) >= 11 is 0. The first-order valence-electron chi connectivity index (χ1n) is 17.6. The maximum Gasteiger partial charge on any atom is 0.408 e. The van der Waals surface area contributed by atoms with E-state index in [1.54, 1.807) is 89.2 Å². The van der Waals surface area contributed by atoms with Crippen LogP contribution in [-0.4, -0.2) is 92.7 Å². The molecule has 6 atom stereocenters. The van der Waals surface area contributed by atoms with Gasteiger partial charge in [-0.3, -0.25) is 19.3 Å². The van der Waals surface area contributed by atoms with Crippen molar-refractivity contribution in [3.8, 4) is 0 Å². The van der Waals surface area contributed by atoms with Gasteiger partial charge in [0.2, 0.25) is 11.8 Å². The smallest absolute Gasteiger partial charge is 0.408 e. The van der Waals surface area contributed by atoms with Gasteiger partial charge in [-0.1, -0.05) is 68.8 Å². The fraction of sp³-hybridized carbons (Fsp3) is 0.474. The van der Waals surface area contributed by atoms with Gasteiger partial charge >= 0.3 is 12.1 Å². The summed E-state index contributed by atoms with van der Waals surface area (Å²) in [5, 5.41) is 16.4. The zero-order valence-corrected chi connectivity index (χ0v) is 31.2. The fourth-order valence-electron chi connectivity index (χ4n) is 5.66. The lowest BCUT2D eigenvalue weighted by Crippen LogP contribution is -2.61. The molecule has 0 aliphatic carbocycles. The number of carbonyl (C=O) groups excluding carboxylic acids is 5. The maximum atomic E-state index is 14.7. The second-order valence-electron chi connectivity index (χ2n) is 14.0. The molecule has 0 radical (unpaired) electrons. The van der Waals surface area contributed by atoms with Crippen molar-refractivity contribution in [2.24, 2.45) is 11.7 Å². The molecule has 0 saturated heterocycles. The number of aromatic amines is 1. The number of nitrogen functional groups attached to an aromatic ring is 1. The summed E-state index contributed by atoms with van der Waals surface area (Å²) in [5.41, 5.74) is 13.8. The Labute approximate surface area is 310 Å². The van der Waals surface area contributed by atoms with Crippen LogP contribution in [0.4, 0.5) is 10.5 Å². The Balaban J connectivity index is 2.01. The van der Waals surface area contributed by atoms with Crippen LogP contribution in [0.3, 0.4) is 0 Å². The Morgan fingerprint density at radius 1 is 0.962 bits per heavy atom.